The third-order valence-electron chi connectivity index (χ3n) is 6.01. The summed E-state index contributed by atoms with van der Waals surface area (Å²) in [7, 11) is 7.42. The second-order valence-electron chi connectivity index (χ2n) is 9.06. The van der Waals surface area contributed by atoms with Crippen molar-refractivity contribution in [1.29, 1.82) is 0 Å². The molecule has 0 fully saturated rings. The van der Waals surface area contributed by atoms with E-state index in [1.165, 1.54) is 12.1 Å². The normalized spacial score (nSPS) is 11.0. The Morgan fingerprint density at radius 2 is 2.03 bits per heavy atom. The number of aromatic nitrogens is 3. The number of hydrogen-bond donors (Lipinski definition) is 3. The summed E-state index contributed by atoms with van der Waals surface area (Å²) < 4.78 is 21.8. The second-order valence-corrected chi connectivity index (χ2v) is 9.06. The zero-order chi connectivity index (χ0) is 27.2. The second kappa shape index (κ2) is 11.7. The zero-order valence-corrected chi connectivity index (χ0v) is 22.0. The minimum absolute atomic E-state index is 0.294. The number of ether oxygens (including phenoxy) is 1. The number of fused-ring (bicyclic) bond motifs is 1. The molecule has 2 aromatic heterocycles. The van der Waals surface area contributed by atoms with Crippen LogP contribution in [-0.4, -0.2) is 59.6 Å². The van der Waals surface area contributed by atoms with Gasteiger partial charge in [0.05, 0.1) is 35.4 Å². The fraction of sp³-hybridized carbons (Fsp3) is 0.250. The highest BCUT2D eigenvalue weighted by Crippen LogP contribution is 2.37. The third-order valence-corrected chi connectivity index (χ3v) is 6.01. The Hall–Kier alpha value is -4.44. The number of rotatable bonds is 11. The lowest BCUT2D eigenvalue weighted by Gasteiger charge is -2.18. The van der Waals surface area contributed by atoms with Crippen molar-refractivity contribution in [2.45, 2.75) is 6.42 Å². The van der Waals surface area contributed by atoms with Gasteiger partial charge in [0.25, 0.3) is 0 Å². The molecule has 38 heavy (non-hydrogen) atoms. The Bertz CT molecular complexity index is 1470. The van der Waals surface area contributed by atoms with Gasteiger partial charge in [-0.2, -0.15) is 0 Å². The van der Waals surface area contributed by atoms with Crippen molar-refractivity contribution >= 4 is 39.8 Å². The van der Waals surface area contributed by atoms with E-state index in [0.29, 0.717) is 46.5 Å². The van der Waals surface area contributed by atoms with Crippen LogP contribution in [0.4, 0.5) is 27.4 Å². The topological polar surface area (TPSA) is 96.3 Å². The molecular weight excluding hydrogens is 485 g/mol. The van der Waals surface area contributed by atoms with Crippen molar-refractivity contribution < 1.29 is 13.9 Å². The van der Waals surface area contributed by atoms with Gasteiger partial charge in [-0.25, -0.2) is 14.4 Å². The van der Waals surface area contributed by atoms with Crippen molar-refractivity contribution in [2.24, 2.45) is 7.05 Å². The maximum absolute atomic E-state index is 14.4. The van der Waals surface area contributed by atoms with E-state index in [2.05, 4.69) is 37.4 Å². The fourth-order valence-corrected chi connectivity index (χ4v) is 4.21. The van der Waals surface area contributed by atoms with Gasteiger partial charge >= 0.3 is 0 Å². The molecule has 3 N–H and O–H groups in total. The van der Waals surface area contributed by atoms with Gasteiger partial charge in [-0.1, -0.05) is 18.7 Å². The summed E-state index contributed by atoms with van der Waals surface area (Å²) in [5, 5.41) is 10.2. The lowest BCUT2D eigenvalue weighted by molar-refractivity contribution is -0.111. The molecule has 0 unspecified atom stereocenters. The average molecular weight is 518 g/mol. The predicted molar refractivity (Wildman–Crippen MR) is 151 cm³/mol. The summed E-state index contributed by atoms with van der Waals surface area (Å²) in [6, 6.07) is 10.3. The van der Waals surface area contributed by atoms with E-state index in [1.807, 2.05) is 32.4 Å². The molecule has 1 amide bonds. The Kier molecular flexibility index (Phi) is 8.22. The lowest BCUT2D eigenvalue weighted by atomic mass is 10.1. The van der Waals surface area contributed by atoms with Crippen molar-refractivity contribution in [2.75, 3.05) is 50.2 Å². The van der Waals surface area contributed by atoms with Crippen LogP contribution in [0.3, 0.4) is 0 Å². The van der Waals surface area contributed by atoms with Gasteiger partial charge in [0.2, 0.25) is 11.9 Å². The van der Waals surface area contributed by atoms with E-state index in [-0.39, 0.29) is 11.7 Å². The monoisotopic (exact) mass is 517 g/mol. The smallest absolute Gasteiger partial charge is 0.247 e. The van der Waals surface area contributed by atoms with Crippen LogP contribution in [0.5, 0.6) is 5.75 Å². The summed E-state index contributed by atoms with van der Waals surface area (Å²) >= 11 is 0. The maximum atomic E-state index is 14.4. The minimum Gasteiger partial charge on any atom is -0.494 e. The zero-order valence-electron chi connectivity index (χ0n) is 22.0. The average Bonchev–Trinajstić information content (AvgIpc) is 3.25. The standard InChI is InChI=1S/C28H32FN7O2/c1-6-26(37)32-23-15-24(25(38-5)16-22(23)30-12-8-14-35(2)3)34-28-31-13-11-21(33-28)19-17-36(4)27-18(19)9-7-10-20(27)29/h6-7,9-11,13,15-17,30H,1,8,12,14H2,2-5H3,(H,32,37)(H,31,33,34). The van der Waals surface area contributed by atoms with E-state index >= 15 is 0 Å². The number of carbonyl (C=O) groups excluding carboxylic acids is 1. The molecule has 198 valence electrons. The van der Waals surface area contributed by atoms with Crippen LogP contribution >= 0.6 is 0 Å². The van der Waals surface area contributed by atoms with Gasteiger partial charge in [-0.15, -0.1) is 0 Å². The summed E-state index contributed by atoms with van der Waals surface area (Å²) in [6.07, 6.45) is 5.62. The number of halogens is 1. The number of nitrogens with zero attached hydrogens (tertiary/aromatic N) is 4. The van der Waals surface area contributed by atoms with Gasteiger partial charge in [0, 0.05) is 43.0 Å². The highest BCUT2D eigenvalue weighted by Gasteiger charge is 2.16. The molecule has 4 rings (SSSR count). The van der Waals surface area contributed by atoms with Crippen molar-refractivity contribution in [3.05, 3.63) is 67.3 Å². The lowest BCUT2D eigenvalue weighted by Crippen LogP contribution is -2.17. The first kappa shape index (κ1) is 26.6. The third kappa shape index (κ3) is 5.92. The molecular formula is C28H32FN7O2. The molecule has 0 aliphatic carbocycles. The van der Waals surface area contributed by atoms with Crippen molar-refractivity contribution in [3.8, 4) is 17.0 Å². The molecule has 0 aliphatic heterocycles. The van der Waals surface area contributed by atoms with Gasteiger partial charge in [0.15, 0.2) is 0 Å². The van der Waals surface area contributed by atoms with E-state index in [1.54, 1.807) is 43.1 Å². The Labute approximate surface area is 221 Å². The number of benzene rings is 2. The molecule has 4 aromatic rings. The predicted octanol–water partition coefficient (Wildman–Crippen LogP) is 5.01. The van der Waals surface area contributed by atoms with Crippen molar-refractivity contribution in [1.82, 2.24) is 19.4 Å². The number of para-hydroxylation sites is 1. The largest absolute Gasteiger partial charge is 0.494 e. The van der Waals surface area contributed by atoms with Gasteiger partial charge in [-0.3, -0.25) is 4.79 Å². The van der Waals surface area contributed by atoms with Crippen LogP contribution in [0.25, 0.3) is 22.2 Å². The highest BCUT2D eigenvalue weighted by atomic mass is 19.1. The molecule has 2 heterocycles. The quantitative estimate of drug-likeness (QED) is 0.190. The molecule has 10 heteroatoms. The maximum Gasteiger partial charge on any atom is 0.247 e. The summed E-state index contributed by atoms with van der Waals surface area (Å²) in [6.45, 7) is 5.18. The first-order valence-electron chi connectivity index (χ1n) is 12.2. The SMILES string of the molecule is C=CC(=O)Nc1cc(Nc2nccc(-c3cn(C)c4c(F)cccc34)n2)c(OC)cc1NCCCN(C)C. The highest BCUT2D eigenvalue weighted by molar-refractivity contribution is 6.02. The fourth-order valence-electron chi connectivity index (χ4n) is 4.21. The molecule has 0 saturated carbocycles. The van der Waals surface area contributed by atoms with Crippen LogP contribution in [0.15, 0.2) is 61.4 Å². The molecule has 2 aromatic carbocycles. The first-order chi connectivity index (χ1) is 18.3. The molecule has 9 nitrogen and oxygen atoms in total. The number of amides is 1. The molecule has 0 saturated heterocycles. The van der Waals surface area contributed by atoms with E-state index in [9.17, 15) is 9.18 Å². The molecule has 0 aliphatic rings. The Balaban J connectivity index is 1.66. The number of anilines is 4. The van der Waals surface area contributed by atoms with E-state index < -0.39 is 0 Å². The van der Waals surface area contributed by atoms with Crippen molar-refractivity contribution in [3.63, 3.8) is 0 Å². The van der Waals surface area contributed by atoms with Crippen LogP contribution < -0.4 is 20.7 Å². The minimum atomic E-state index is -0.334. The Morgan fingerprint density at radius 3 is 2.76 bits per heavy atom. The van der Waals surface area contributed by atoms with Gasteiger partial charge in [-0.05, 0) is 51.3 Å². The van der Waals surface area contributed by atoms with Gasteiger partial charge < -0.3 is 30.2 Å². The summed E-state index contributed by atoms with van der Waals surface area (Å²) in [4.78, 5) is 23.3. The van der Waals surface area contributed by atoms with Crippen LogP contribution in [0.2, 0.25) is 0 Å². The van der Waals surface area contributed by atoms with Crippen LogP contribution in [0.1, 0.15) is 6.42 Å². The number of nitrogens with one attached hydrogen (secondary N) is 3. The summed E-state index contributed by atoms with van der Waals surface area (Å²) in [5.74, 6) is 0.233. The number of carbonyl (C=O) groups is 1. The van der Waals surface area contributed by atoms with E-state index in [0.717, 1.165) is 23.9 Å². The van der Waals surface area contributed by atoms with E-state index in [4.69, 9.17) is 4.74 Å². The molecule has 0 spiro atoms. The summed E-state index contributed by atoms with van der Waals surface area (Å²) in [5.41, 5.74) is 3.77. The number of hydrogen-bond acceptors (Lipinski definition) is 7. The Morgan fingerprint density at radius 1 is 1.21 bits per heavy atom. The van der Waals surface area contributed by atoms with Crippen LogP contribution in [0, 0.1) is 5.82 Å². The molecule has 0 atom stereocenters. The van der Waals surface area contributed by atoms with Crippen LogP contribution in [-0.2, 0) is 11.8 Å². The first-order valence-corrected chi connectivity index (χ1v) is 12.2. The molecule has 0 bridgehead atoms. The number of aryl methyl sites for hydroxylation is 1. The number of methoxy groups -OCH3 is 1. The molecule has 0 radical (unpaired) electrons. The van der Waals surface area contributed by atoms with Gasteiger partial charge in [0.1, 0.15) is 11.6 Å².